The van der Waals surface area contributed by atoms with Crippen molar-refractivity contribution in [3.05, 3.63) is 72.3 Å². The molecule has 1 aliphatic heterocycles. The van der Waals surface area contributed by atoms with Gasteiger partial charge in [-0.1, -0.05) is 29.8 Å². The molecule has 0 unspecified atom stereocenters. The maximum atomic E-state index is 12.9. The molecule has 0 bridgehead atoms. The monoisotopic (exact) mass is 426 g/mol. The van der Waals surface area contributed by atoms with Gasteiger partial charge in [-0.2, -0.15) is 0 Å². The number of H-pyrrole nitrogens is 1. The second kappa shape index (κ2) is 8.43. The van der Waals surface area contributed by atoms with Crippen LogP contribution in [0.3, 0.4) is 0 Å². The van der Waals surface area contributed by atoms with E-state index in [0.717, 1.165) is 53.8 Å². The zero-order valence-electron chi connectivity index (χ0n) is 18.0. The summed E-state index contributed by atoms with van der Waals surface area (Å²) in [5.74, 6) is -0.207. The molecule has 4 heterocycles. The summed E-state index contributed by atoms with van der Waals surface area (Å²) >= 11 is 0. The Bertz CT molecular complexity index is 1250. The number of aryl methyl sites for hydroxylation is 1. The lowest BCUT2D eigenvalue weighted by atomic mass is 9.98. The van der Waals surface area contributed by atoms with Crippen LogP contribution in [-0.2, 0) is 0 Å². The van der Waals surface area contributed by atoms with E-state index in [1.54, 1.807) is 30.7 Å². The molecule has 1 aliphatic rings. The number of benzene rings is 1. The van der Waals surface area contributed by atoms with Crippen LogP contribution in [0.4, 0.5) is 11.4 Å². The molecule has 32 heavy (non-hydrogen) atoms. The van der Waals surface area contributed by atoms with E-state index in [4.69, 9.17) is 5.73 Å². The molecule has 4 aromatic rings. The van der Waals surface area contributed by atoms with Crippen molar-refractivity contribution in [3.8, 4) is 11.1 Å². The minimum atomic E-state index is -0.207. The van der Waals surface area contributed by atoms with Crippen LogP contribution in [0.2, 0.25) is 0 Å². The molecule has 7 heteroatoms. The Morgan fingerprint density at radius 3 is 2.81 bits per heavy atom. The third-order valence-corrected chi connectivity index (χ3v) is 5.98. The third-order valence-electron chi connectivity index (χ3n) is 5.98. The van der Waals surface area contributed by atoms with Crippen molar-refractivity contribution in [2.24, 2.45) is 5.73 Å². The molecule has 5 rings (SSSR count). The molecule has 1 saturated heterocycles. The van der Waals surface area contributed by atoms with Crippen molar-refractivity contribution < 1.29 is 4.79 Å². The number of nitrogens with zero attached hydrogens (tertiary/aromatic N) is 3. The molecule has 0 aliphatic carbocycles. The second-order valence-corrected chi connectivity index (χ2v) is 8.36. The largest absolute Gasteiger partial charge is 0.369 e. The second-order valence-electron chi connectivity index (χ2n) is 8.36. The predicted octanol–water partition coefficient (Wildman–Crippen LogP) is 4.11. The number of amides is 1. The number of piperidine rings is 1. The first kappa shape index (κ1) is 20.2. The molecule has 0 saturated carbocycles. The number of hydrogen-bond donors (Lipinski definition) is 3. The highest BCUT2D eigenvalue weighted by Crippen LogP contribution is 2.41. The number of aromatic amines is 1. The van der Waals surface area contributed by atoms with Gasteiger partial charge in [-0.05, 0) is 37.5 Å². The van der Waals surface area contributed by atoms with Crippen molar-refractivity contribution in [2.45, 2.75) is 25.8 Å². The molecule has 1 aromatic carbocycles. The summed E-state index contributed by atoms with van der Waals surface area (Å²) < 4.78 is 0. The lowest BCUT2D eigenvalue weighted by Gasteiger charge is -2.34. The fraction of sp³-hybridized carbons (Fsp3) is 0.240. The fourth-order valence-electron chi connectivity index (χ4n) is 4.35. The summed E-state index contributed by atoms with van der Waals surface area (Å²) in [6, 6.07) is 12.1. The standard InChI is InChI=1S/C25H26N6O/c1-16-6-8-17(9-7-16)20-13-28-24-22(23(20)31-11-3-5-19(26)15-31)21(14-29-24)30-25(32)18-4-2-10-27-12-18/h2,4,6-10,12-14,19H,3,5,11,15,26H2,1H3,(H,28,29)(H,30,32)/t19-/m1/s1. The molecule has 162 valence electrons. The minimum Gasteiger partial charge on any atom is -0.369 e. The van der Waals surface area contributed by atoms with Gasteiger partial charge >= 0.3 is 0 Å². The number of nitrogens with two attached hydrogens (primary N) is 1. The summed E-state index contributed by atoms with van der Waals surface area (Å²) in [6.45, 7) is 3.75. The Labute approximate surface area is 186 Å². The number of fused-ring (bicyclic) bond motifs is 1. The predicted molar refractivity (Wildman–Crippen MR) is 128 cm³/mol. The average molecular weight is 427 g/mol. The number of carbonyl (C=O) groups excluding carboxylic acids is 1. The molecular formula is C25H26N6O. The topological polar surface area (TPSA) is 99.9 Å². The molecule has 7 nitrogen and oxygen atoms in total. The van der Waals surface area contributed by atoms with Crippen molar-refractivity contribution in [1.82, 2.24) is 15.0 Å². The molecule has 3 aromatic heterocycles. The van der Waals surface area contributed by atoms with Crippen molar-refractivity contribution in [2.75, 3.05) is 23.3 Å². The van der Waals surface area contributed by atoms with Gasteiger partial charge < -0.3 is 20.9 Å². The molecule has 0 radical (unpaired) electrons. The first-order chi connectivity index (χ1) is 15.6. The van der Waals surface area contributed by atoms with Crippen molar-refractivity contribution in [1.29, 1.82) is 0 Å². The summed E-state index contributed by atoms with van der Waals surface area (Å²) in [4.78, 5) is 27.2. The maximum absolute atomic E-state index is 12.9. The number of pyridine rings is 2. The van der Waals surface area contributed by atoms with Crippen molar-refractivity contribution in [3.63, 3.8) is 0 Å². The first-order valence-corrected chi connectivity index (χ1v) is 10.9. The van der Waals surface area contributed by atoms with Crippen LogP contribution >= 0.6 is 0 Å². The van der Waals surface area contributed by atoms with Gasteiger partial charge in [-0.15, -0.1) is 0 Å². The zero-order chi connectivity index (χ0) is 22.1. The Morgan fingerprint density at radius 2 is 2.06 bits per heavy atom. The molecule has 4 N–H and O–H groups in total. The highest BCUT2D eigenvalue weighted by molar-refractivity contribution is 6.13. The highest BCUT2D eigenvalue weighted by Gasteiger charge is 2.25. The van der Waals surface area contributed by atoms with Crippen molar-refractivity contribution >= 4 is 28.3 Å². The molecule has 1 amide bonds. The Kier molecular flexibility index (Phi) is 5.33. The van der Waals surface area contributed by atoms with Gasteiger partial charge in [0.25, 0.3) is 5.91 Å². The maximum Gasteiger partial charge on any atom is 0.257 e. The van der Waals surface area contributed by atoms with Gasteiger partial charge in [-0.25, -0.2) is 4.98 Å². The molecule has 1 atom stereocenters. The van der Waals surface area contributed by atoms with Gasteiger partial charge in [0, 0.05) is 49.5 Å². The Balaban J connectivity index is 1.65. The minimum absolute atomic E-state index is 0.116. The van der Waals surface area contributed by atoms with Gasteiger partial charge in [0.1, 0.15) is 5.65 Å². The van der Waals surface area contributed by atoms with Crippen LogP contribution in [0, 0.1) is 6.92 Å². The summed E-state index contributed by atoms with van der Waals surface area (Å²) in [5, 5.41) is 3.95. The number of rotatable bonds is 4. The van der Waals surface area contributed by atoms with E-state index in [1.165, 1.54) is 5.56 Å². The van der Waals surface area contributed by atoms with E-state index < -0.39 is 0 Å². The SMILES string of the molecule is Cc1ccc(-c2cnc3[nH]cc(NC(=O)c4cccnc4)c3c2N2CCC[C@@H](N)C2)cc1. The van der Waals surface area contributed by atoms with E-state index in [-0.39, 0.29) is 11.9 Å². The quantitative estimate of drug-likeness (QED) is 0.456. The summed E-state index contributed by atoms with van der Waals surface area (Å²) in [5.41, 5.74) is 12.7. The number of carbonyl (C=O) groups is 1. The van der Waals surface area contributed by atoms with E-state index in [0.29, 0.717) is 11.3 Å². The fourth-order valence-corrected chi connectivity index (χ4v) is 4.35. The molecule has 1 fully saturated rings. The van der Waals surface area contributed by atoms with Gasteiger partial charge in [-0.3, -0.25) is 9.78 Å². The lowest BCUT2D eigenvalue weighted by Crippen LogP contribution is -2.43. The Morgan fingerprint density at radius 1 is 1.22 bits per heavy atom. The van der Waals surface area contributed by atoms with E-state index in [1.807, 2.05) is 6.20 Å². The first-order valence-electron chi connectivity index (χ1n) is 10.9. The number of aromatic nitrogens is 3. The smallest absolute Gasteiger partial charge is 0.257 e. The van der Waals surface area contributed by atoms with E-state index in [2.05, 4.69) is 56.4 Å². The Hall–Kier alpha value is -3.71. The summed E-state index contributed by atoms with van der Waals surface area (Å²) in [7, 11) is 0. The third kappa shape index (κ3) is 3.83. The zero-order valence-corrected chi connectivity index (χ0v) is 18.0. The van der Waals surface area contributed by atoms with Gasteiger partial charge in [0.05, 0.1) is 22.3 Å². The van der Waals surface area contributed by atoms with E-state index in [9.17, 15) is 4.79 Å². The lowest BCUT2D eigenvalue weighted by molar-refractivity contribution is 0.102. The average Bonchev–Trinajstić information content (AvgIpc) is 3.22. The van der Waals surface area contributed by atoms with E-state index >= 15 is 0 Å². The van der Waals surface area contributed by atoms with Crippen LogP contribution in [-0.4, -0.2) is 40.0 Å². The number of hydrogen-bond acceptors (Lipinski definition) is 5. The summed E-state index contributed by atoms with van der Waals surface area (Å²) in [6.07, 6.45) is 8.97. The normalized spacial score (nSPS) is 16.3. The highest BCUT2D eigenvalue weighted by atomic mass is 16.1. The van der Waals surface area contributed by atoms with Crippen LogP contribution in [0.5, 0.6) is 0 Å². The molecular weight excluding hydrogens is 400 g/mol. The van der Waals surface area contributed by atoms with Gasteiger partial charge in [0.15, 0.2) is 0 Å². The van der Waals surface area contributed by atoms with Crippen LogP contribution in [0.1, 0.15) is 28.8 Å². The molecule has 0 spiro atoms. The number of nitrogens with one attached hydrogen (secondary N) is 2. The van der Waals surface area contributed by atoms with Gasteiger partial charge in [0.2, 0.25) is 0 Å². The van der Waals surface area contributed by atoms with Crippen LogP contribution < -0.4 is 16.0 Å². The van der Waals surface area contributed by atoms with Crippen LogP contribution in [0.15, 0.2) is 61.2 Å². The number of anilines is 2. The van der Waals surface area contributed by atoms with Crippen LogP contribution in [0.25, 0.3) is 22.2 Å².